The zero-order valence-corrected chi connectivity index (χ0v) is 14.9. The number of anilines is 2. The van der Waals surface area contributed by atoms with Crippen LogP contribution in [-0.2, 0) is 4.79 Å². The van der Waals surface area contributed by atoms with Gasteiger partial charge in [0.15, 0.2) is 0 Å². The molecule has 0 radical (unpaired) electrons. The van der Waals surface area contributed by atoms with Crippen LogP contribution < -0.4 is 10.6 Å². The SMILES string of the molecule is O=C(CNc1cccc(C(=O)N2CCCC2)c1)Nc1ccc(F)c(Cl)c1. The molecule has 0 atom stereocenters. The van der Waals surface area contributed by atoms with Gasteiger partial charge in [0.2, 0.25) is 5.91 Å². The van der Waals surface area contributed by atoms with Crippen LogP contribution in [0, 0.1) is 5.82 Å². The van der Waals surface area contributed by atoms with Gasteiger partial charge in [0.1, 0.15) is 5.82 Å². The maximum Gasteiger partial charge on any atom is 0.253 e. The van der Waals surface area contributed by atoms with Gasteiger partial charge >= 0.3 is 0 Å². The topological polar surface area (TPSA) is 61.4 Å². The normalized spacial score (nSPS) is 13.5. The molecule has 0 aliphatic carbocycles. The molecule has 1 aliphatic rings. The van der Waals surface area contributed by atoms with Gasteiger partial charge < -0.3 is 15.5 Å². The Bertz CT molecular complexity index is 822. The average Bonchev–Trinajstić information content (AvgIpc) is 3.17. The lowest BCUT2D eigenvalue weighted by Crippen LogP contribution is -2.27. The average molecular weight is 376 g/mol. The van der Waals surface area contributed by atoms with E-state index < -0.39 is 5.82 Å². The molecule has 2 aromatic carbocycles. The minimum absolute atomic E-state index is 0.0103. The Morgan fingerprint density at radius 1 is 1.08 bits per heavy atom. The first-order chi connectivity index (χ1) is 12.5. The summed E-state index contributed by atoms with van der Waals surface area (Å²) in [5, 5.41) is 5.57. The molecule has 0 unspecified atom stereocenters. The summed E-state index contributed by atoms with van der Waals surface area (Å²) in [7, 11) is 0. The summed E-state index contributed by atoms with van der Waals surface area (Å²) in [4.78, 5) is 26.3. The Hall–Kier alpha value is -2.60. The second kappa shape index (κ2) is 8.19. The van der Waals surface area contributed by atoms with Crippen molar-refractivity contribution in [3.63, 3.8) is 0 Å². The van der Waals surface area contributed by atoms with Crippen LogP contribution in [0.15, 0.2) is 42.5 Å². The Kier molecular flexibility index (Phi) is 5.73. The molecule has 5 nitrogen and oxygen atoms in total. The van der Waals surface area contributed by atoms with E-state index in [0.717, 1.165) is 25.9 Å². The number of likely N-dealkylation sites (tertiary alicyclic amines) is 1. The molecule has 0 bridgehead atoms. The van der Waals surface area contributed by atoms with E-state index in [0.29, 0.717) is 16.9 Å². The first kappa shape index (κ1) is 18.2. The zero-order chi connectivity index (χ0) is 18.5. The lowest BCUT2D eigenvalue weighted by Gasteiger charge is -2.16. The highest BCUT2D eigenvalue weighted by Crippen LogP contribution is 2.19. The van der Waals surface area contributed by atoms with Crippen LogP contribution in [-0.4, -0.2) is 36.3 Å². The smallest absolute Gasteiger partial charge is 0.253 e. The molecule has 2 N–H and O–H groups in total. The summed E-state index contributed by atoms with van der Waals surface area (Å²) in [6, 6.07) is 11.1. The standard InChI is InChI=1S/C19H19ClFN3O2/c20-16-11-15(6-7-17(16)21)23-18(25)12-22-14-5-3-4-13(10-14)19(26)24-8-1-2-9-24/h3-7,10-11,22H,1-2,8-9,12H2,(H,23,25). The van der Waals surface area contributed by atoms with Gasteiger partial charge in [-0.15, -0.1) is 0 Å². The lowest BCUT2D eigenvalue weighted by atomic mass is 10.1. The second-order valence-electron chi connectivity index (χ2n) is 6.11. The maximum absolute atomic E-state index is 13.1. The first-order valence-electron chi connectivity index (χ1n) is 8.41. The van der Waals surface area contributed by atoms with Gasteiger partial charge in [-0.3, -0.25) is 9.59 Å². The fraction of sp³-hybridized carbons (Fsp3) is 0.263. The number of rotatable bonds is 5. The number of benzene rings is 2. The van der Waals surface area contributed by atoms with Gasteiger partial charge in [-0.1, -0.05) is 17.7 Å². The Morgan fingerprint density at radius 3 is 2.58 bits per heavy atom. The highest BCUT2D eigenvalue weighted by atomic mass is 35.5. The van der Waals surface area contributed by atoms with Crippen molar-refractivity contribution in [3.05, 3.63) is 58.9 Å². The minimum atomic E-state index is -0.540. The van der Waals surface area contributed by atoms with Gasteiger partial charge in [-0.05, 0) is 49.2 Å². The van der Waals surface area contributed by atoms with Crippen molar-refractivity contribution in [3.8, 4) is 0 Å². The highest BCUT2D eigenvalue weighted by molar-refractivity contribution is 6.31. The van der Waals surface area contributed by atoms with Gasteiger partial charge in [0.25, 0.3) is 5.91 Å². The molecule has 1 fully saturated rings. The van der Waals surface area contributed by atoms with Crippen molar-refractivity contribution in [1.82, 2.24) is 4.90 Å². The van der Waals surface area contributed by atoms with E-state index in [1.54, 1.807) is 24.3 Å². The molecule has 136 valence electrons. The van der Waals surface area contributed by atoms with Crippen LogP contribution in [0.3, 0.4) is 0 Å². The lowest BCUT2D eigenvalue weighted by molar-refractivity contribution is -0.114. The number of carbonyl (C=O) groups is 2. The van der Waals surface area contributed by atoms with E-state index in [9.17, 15) is 14.0 Å². The summed E-state index contributed by atoms with van der Waals surface area (Å²) in [5.41, 5.74) is 1.70. The number of hydrogen-bond acceptors (Lipinski definition) is 3. The summed E-state index contributed by atoms with van der Waals surface area (Å²) >= 11 is 5.69. The molecule has 1 saturated heterocycles. The number of carbonyl (C=O) groups excluding carboxylic acids is 2. The summed E-state index contributed by atoms with van der Waals surface area (Å²) in [6.45, 7) is 1.59. The molecular weight excluding hydrogens is 357 g/mol. The number of nitrogens with one attached hydrogen (secondary N) is 2. The third-order valence-electron chi connectivity index (χ3n) is 4.16. The largest absolute Gasteiger partial charge is 0.376 e. The van der Waals surface area contributed by atoms with Crippen LogP contribution in [0.25, 0.3) is 0 Å². The predicted octanol–water partition coefficient (Wildman–Crippen LogP) is 3.77. The van der Waals surface area contributed by atoms with Gasteiger partial charge in [0, 0.05) is 30.0 Å². The van der Waals surface area contributed by atoms with Crippen molar-refractivity contribution < 1.29 is 14.0 Å². The quantitative estimate of drug-likeness (QED) is 0.836. The van der Waals surface area contributed by atoms with Crippen LogP contribution in [0.4, 0.5) is 15.8 Å². The molecule has 0 saturated carbocycles. The first-order valence-corrected chi connectivity index (χ1v) is 8.79. The van der Waals surface area contributed by atoms with Crippen LogP contribution >= 0.6 is 11.6 Å². The van der Waals surface area contributed by atoms with Gasteiger partial charge in [-0.25, -0.2) is 4.39 Å². The molecule has 0 aromatic heterocycles. The summed E-state index contributed by atoms with van der Waals surface area (Å²) < 4.78 is 13.1. The molecule has 2 aromatic rings. The number of halogens is 2. The Morgan fingerprint density at radius 2 is 1.85 bits per heavy atom. The van der Waals surface area contributed by atoms with Gasteiger partial charge in [0.05, 0.1) is 11.6 Å². The molecule has 26 heavy (non-hydrogen) atoms. The van der Waals surface area contributed by atoms with E-state index in [1.165, 1.54) is 18.2 Å². The molecule has 2 amide bonds. The van der Waals surface area contributed by atoms with E-state index >= 15 is 0 Å². The van der Waals surface area contributed by atoms with E-state index in [-0.39, 0.29) is 23.4 Å². The van der Waals surface area contributed by atoms with Crippen LogP contribution in [0.2, 0.25) is 5.02 Å². The van der Waals surface area contributed by atoms with Crippen molar-refractivity contribution in [2.75, 3.05) is 30.3 Å². The number of nitrogens with zero attached hydrogens (tertiary/aromatic N) is 1. The van der Waals surface area contributed by atoms with E-state index in [4.69, 9.17) is 11.6 Å². The molecule has 1 heterocycles. The number of amides is 2. The molecule has 3 rings (SSSR count). The minimum Gasteiger partial charge on any atom is -0.376 e. The van der Waals surface area contributed by atoms with Crippen molar-refractivity contribution >= 4 is 34.8 Å². The molecule has 7 heteroatoms. The van der Waals surface area contributed by atoms with E-state index in [2.05, 4.69) is 10.6 Å². The second-order valence-corrected chi connectivity index (χ2v) is 6.52. The van der Waals surface area contributed by atoms with Crippen LogP contribution in [0.1, 0.15) is 23.2 Å². The summed E-state index contributed by atoms with van der Waals surface area (Å²) in [6.07, 6.45) is 2.08. The van der Waals surface area contributed by atoms with Crippen molar-refractivity contribution in [1.29, 1.82) is 0 Å². The Balaban J connectivity index is 1.57. The molecule has 0 spiro atoms. The number of hydrogen-bond donors (Lipinski definition) is 2. The fourth-order valence-electron chi connectivity index (χ4n) is 2.83. The molecule has 1 aliphatic heterocycles. The van der Waals surface area contributed by atoms with Crippen LogP contribution in [0.5, 0.6) is 0 Å². The van der Waals surface area contributed by atoms with E-state index in [1.807, 2.05) is 4.90 Å². The van der Waals surface area contributed by atoms with Crippen molar-refractivity contribution in [2.45, 2.75) is 12.8 Å². The zero-order valence-electron chi connectivity index (χ0n) is 14.1. The fourth-order valence-corrected chi connectivity index (χ4v) is 3.01. The predicted molar refractivity (Wildman–Crippen MR) is 100 cm³/mol. The highest BCUT2D eigenvalue weighted by Gasteiger charge is 2.19. The van der Waals surface area contributed by atoms with Crippen molar-refractivity contribution in [2.24, 2.45) is 0 Å². The third kappa shape index (κ3) is 4.52. The molecular formula is C19H19ClFN3O2. The Labute approximate surface area is 156 Å². The summed E-state index contributed by atoms with van der Waals surface area (Å²) in [5.74, 6) is -0.831. The monoisotopic (exact) mass is 375 g/mol. The van der Waals surface area contributed by atoms with Gasteiger partial charge in [-0.2, -0.15) is 0 Å². The third-order valence-corrected chi connectivity index (χ3v) is 4.45. The maximum atomic E-state index is 13.1.